The Labute approximate surface area is 84.7 Å². The van der Waals surface area contributed by atoms with Crippen LogP contribution in [0.25, 0.3) is 0 Å². The van der Waals surface area contributed by atoms with Gasteiger partial charge in [-0.1, -0.05) is 0 Å². The average Bonchev–Trinajstić information content (AvgIpc) is 2.03. The summed E-state index contributed by atoms with van der Waals surface area (Å²) in [6.07, 6.45) is 0. The van der Waals surface area contributed by atoms with Gasteiger partial charge in [-0.3, -0.25) is 9.59 Å². The summed E-state index contributed by atoms with van der Waals surface area (Å²) >= 11 is 10.4. The summed E-state index contributed by atoms with van der Waals surface area (Å²) in [4.78, 5) is 25.1. The number of halogens is 2. The summed E-state index contributed by atoms with van der Waals surface area (Å²) in [6, 6.07) is 2.97. The average molecular weight is 218 g/mol. The van der Waals surface area contributed by atoms with Crippen LogP contribution in [-0.2, 0) is 0 Å². The number of rotatable bonds is 2. The molecule has 0 radical (unpaired) electrons. The minimum Gasteiger partial charge on any atom is -0.274 e. The molecule has 0 spiro atoms. The van der Waals surface area contributed by atoms with E-state index >= 15 is 0 Å². The van der Waals surface area contributed by atoms with E-state index in [9.17, 15) is 9.59 Å². The predicted molar refractivity (Wildman–Crippen MR) is 49.3 cm³/mol. The number of aromatic nitrogens is 1. The molecule has 5 heteroatoms. The smallest absolute Gasteiger partial charge is 0.270 e. The second kappa shape index (κ2) is 3.85. The lowest BCUT2D eigenvalue weighted by Crippen LogP contribution is -2.02. The van der Waals surface area contributed by atoms with Crippen LogP contribution in [0, 0.1) is 6.92 Å². The second-order valence-electron chi connectivity index (χ2n) is 2.46. The molecule has 0 aliphatic rings. The lowest BCUT2D eigenvalue weighted by atomic mass is 10.2. The van der Waals surface area contributed by atoms with E-state index in [0.717, 1.165) is 0 Å². The Morgan fingerprint density at radius 3 is 1.85 bits per heavy atom. The van der Waals surface area contributed by atoms with Crippen LogP contribution >= 0.6 is 23.2 Å². The van der Waals surface area contributed by atoms with Gasteiger partial charge in [0.1, 0.15) is 11.4 Å². The number of aryl methyl sites for hydroxylation is 1. The molecule has 3 nitrogen and oxygen atoms in total. The van der Waals surface area contributed by atoms with Gasteiger partial charge in [-0.05, 0) is 47.8 Å². The summed E-state index contributed by atoms with van der Waals surface area (Å²) in [7, 11) is 0. The van der Waals surface area contributed by atoms with Crippen LogP contribution in [0.15, 0.2) is 12.1 Å². The first kappa shape index (κ1) is 10.2. The minimum absolute atomic E-state index is 0.0330. The van der Waals surface area contributed by atoms with Crippen molar-refractivity contribution in [3.63, 3.8) is 0 Å². The van der Waals surface area contributed by atoms with Crippen molar-refractivity contribution in [2.45, 2.75) is 6.92 Å². The molecular weight excluding hydrogens is 213 g/mol. The highest BCUT2D eigenvalue weighted by atomic mass is 35.5. The maximum atomic E-state index is 10.7. The van der Waals surface area contributed by atoms with E-state index in [1.54, 1.807) is 6.92 Å². The molecule has 1 aromatic heterocycles. The van der Waals surface area contributed by atoms with E-state index in [1.807, 2.05) is 0 Å². The second-order valence-corrected chi connectivity index (χ2v) is 3.15. The highest BCUT2D eigenvalue weighted by molar-refractivity contribution is 6.68. The van der Waals surface area contributed by atoms with Crippen LogP contribution in [0.4, 0.5) is 0 Å². The van der Waals surface area contributed by atoms with Crippen molar-refractivity contribution >= 4 is 33.7 Å². The molecule has 0 saturated heterocycles. The Balaban J connectivity index is 3.26. The summed E-state index contributed by atoms with van der Waals surface area (Å²) < 4.78 is 0. The molecular formula is C8H5Cl2NO2. The molecule has 0 unspecified atom stereocenters. The van der Waals surface area contributed by atoms with Gasteiger partial charge in [-0.2, -0.15) is 0 Å². The van der Waals surface area contributed by atoms with Crippen LogP contribution < -0.4 is 0 Å². The number of nitrogens with zero attached hydrogens (tertiary/aromatic N) is 1. The van der Waals surface area contributed by atoms with Gasteiger partial charge < -0.3 is 0 Å². The van der Waals surface area contributed by atoms with Gasteiger partial charge in [0.2, 0.25) is 0 Å². The number of hydrogen-bond acceptors (Lipinski definition) is 3. The van der Waals surface area contributed by atoms with Crippen molar-refractivity contribution in [1.82, 2.24) is 4.98 Å². The summed E-state index contributed by atoms with van der Waals surface area (Å²) in [5.41, 5.74) is 0.777. The molecule has 0 fully saturated rings. The van der Waals surface area contributed by atoms with Gasteiger partial charge in [0.25, 0.3) is 10.5 Å². The molecule has 0 aliphatic carbocycles. The Bertz CT molecular complexity index is 344. The van der Waals surface area contributed by atoms with Crippen LogP contribution in [0.2, 0.25) is 0 Å². The Hall–Kier alpha value is -0.930. The van der Waals surface area contributed by atoms with Crippen molar-refractivity contribution in [2.24, 2.45) is 0 Å². The van der Waals surface area contributed by atoms with Crippen molar-refractivity contribution in [1.29, 1.82) is 0 Å². The molecule has 1 heterocycles. The fraction of sp³-hybridized carbons (Fsp3) is 0.125. The lowest BCUT2D eigenvalue weighted by Gasteiger charge is -1.98. The highest BCUT2D eigenvalue weighted by Gasteiger charge is 2.09. The maximum Gasteiger partial charge on any atom is 0.270 e. The summed E-state index contributed by atoms with van der Waals surface area (Å²) in [5, 5.41) is -1.41. The first-order chi connectivity index (χ1) is 6.00. The van der Waals surface area contributed by atoms with Crippen molar-refractivity contribution < 1.29 is 9.59 Å². The number of carbonyl (C=O) groups is 2. The monoisotopic (exact) mass is 217 g/mol. The third kappa shape index (κ3) is 2.50. The van der Waals surface area contributed by atoms with Crippen molar-refractivity contribution in [3.8, 4) is 0 Å². The zero-order chi connectivity index (χ0) is 10.0. The van der Waals surface area contributed by atoms with Crippen LogP contribution in [0.5, 0.6) is 0 Å². The van der Waals surface area contributed by atoms with E-state index in [2.05, 4.69) is 4.98 Å². The van der Waals surface area contributed by atoms with Gasteiger partial charge in [0, 0.05) is 0 Å². The fourth-order valence-corrected chi connectivity index (χ4v) is 1.06. The van der Waals surface area contributed by atoms with Gasteiger partial charge in [0.05, 0.1) is 0 Å². The first-order valence-corrected chi connectivity index (χ1v) is 4.14. The maximum absolute atomic E-state index is 10.7. The Morgan fingerprint density at radius 2 is 1.54 bits per heavy atom. The zero-order valence-electron chi connectivity index (χ0n) is 6.67. The first-order valence-electron chi connectivity index (χ1n) is 3.39. The number of pyridine rings is 1. The van der Waals surface area contributed by atoms with E-state index in [1.165, 1.54) is 12.1 Å². The van der Waals surface area contributed by atoms with Gasteiger partial charge in [-0.25, -0.2) is 4.98 Å². The molecule has 0 bridgehead atoms. The summed E-state index contributed by atoms with van der Waals surface area (Å²) in [6.45, 7) is 1.72. The lowest BCUT2D eigenvalue weighted by molar-refractivity contribution is 0.107. The van der Waals surface area contributed by atoms with Crippen molar-refractivity contribution in [2.75, 3.05) is 0 Å². The predicted octanol–water partition coefficient (Wildman–Crippen LogP) is 2.15. The number of hydrogen-bond donors (Lipinski definition) is 0. The normalized spacial score (nSPS) is 9.77. The zero-order valence-corrected chi connectivity index (χ0v) is 8.19. The molecule has 0 aliphatic heterocycles. The minimum atomic E-state index is -0.706. The topological polar surface area (TPSA) is 47.0 Å². The SMILES string of the molecule is Cc1cc(C(=O)Cl)nc(C(=O)Cl)c1. The van der Waals surface area contributed by atoms with Crippen LogP contribution in [0.3, 0.4) is 0 Å². The third-order valence-electron chi connectivity index (χ3n) is 1.37. The fourth-order valence-electron chi connectivity index (χ4n) is 0.869. The largest absolute Gasteiger partial charge is 0.274 e. The van der Waals surface area contributed by atoms with E-state index in [4.69, 9.17) is 23.2 Å². The standard InChI is InChI=1S/C8H5Cl2NO2/c1-4-2-5(7(9)12)11-6(3-4)8(10)13/h2-3H,1H3. The Kier molecular flexibility index (Phi) is 3.01. The molecule has 1 aromatic rings. The quantitative estimate of drug-likeness (QED) is 0.714. The van der Waals surface area contributed by atoms with E-state index in [-0.39, 0.29) is 11.4 Å². The van der Waals surface area contributed by atoms with E-state index in [0.29, 0.717) is 5.56 Å². The molecule has 1 rings (SSSR count). The van der Waals surface area contributed by atoms with Gasteiger partial charge >= 0.3 is 0 Å². The van der Waals surface area contributed by atoms with Crippen LogP contribution in [-0.4, -0.2) is 15.5 Å². The highest BCUT2D eigenvalue weighted by Crippen LogP contribution is 2.09. The molecule has 0 saturated carbocycles. The molecule has 68 valence electrons. The Morgan fingerprint density at radius 1 is 1.15 bits per heavy atom. The van der Waals surface area contributed by atoms with Gasteiger partial charge in [0.15, 0.2) is 0 Å². The van der Waals surface area contributed by atoms with E-state index < -0.39 is 10.5 Å². The summed E-state index contributed by atoms with van der Waals surface area (Å²) in [5.74, 6) is 0. The molecule has 13 heavy (non-hydrogen) atoms. The third-order valence-corrected chi connectivity index (χ3v) is 1.76. The number of carbonyl (C=O) groups excluding carboxylic acids is 2. The molecule has 0 atom stereocenters. The molecule has 0 amide bonds. The molecule has 0 N–H and O–H groups in total. The van der Waals surface area contributed by atoms with Crippen molar-refractivity contribution in [3.05, 3.63) is 29.1 Å². The van der Waals surface area contributed by atoms with Crippen LogP contribution in [0.1, 0.15) is 26.5 Å². The van der Waals surface area contributed by atoms with Gasteiger partial charge in [-0.15, -0.1) is 0 Å². The molecule has 0 aromatic carbocycles.